The lowest BCUT2D eigenvalue weighted by atomic mass is 10.0. The molecule has 23 heavy (non-hydrogen) atoms. The zero-order valence-electron chi connectivity index (χ0n) is 14.0. The Hall–Kier alpha value is -1.77. The molecule has 1 aromatic carbocycles. The van der Waals surface area contributed by atoms with E-state index >= 15 is 0 Å². The molecule has 1 N–H and O–H groups in total. The summed E-state index contributed by atoms with van der Waals surface area (Å²) in [5, 5.41) is 0. The maximum atomic E-state index is 5.85. The molecule has 3 heteroatoms. The molecule has 0 unspecified atom stereocenters. The number of allylic oxidation sites excluding steroid dienone is 4. The number of hydrogen-bond donors (Lipinski definition) is 1. The van der Waals surface area contributed by atoms with Gasteiger partial charge in [0.05, 0.1) is 12.4 Å². The van der Waals surface area contributed by atoms with E-state index in [1.165, 1.54) is 11.1 Å². The topological polar surface area (TPSA) is 21.3 Å². The fraction of sp³-hybridized carbons (Fsp3) is 0.300. The molecule has 0 aliphatic rings. The molecular formula is C20H26ClNO. The summed E-state index contributed by atoms with van der Waals surface area (Å²) in [6.07, 6.45) is 7.48. The van der Waals surface area contributed by atoms with Crippen LogP contribution >= 0.6 is 11.8 Å². The Morgan fingerprint density at radius 2 is 1.96 bits per heavy atom. The highest BCUT2D eigenvalue weighted by Crippen LogP contribution is 2.17. The van der Waals surface area contributed by atoms with E-state index in [-0.39, 0.29) is 6.04 Å². The van der Waals surface area contributed by atoms with E-state index in [1.807, 2.05) is 31.2 Å². The summed E-state index contributed by atoms with van der Waals surface area (Å²) >= 11 is 5.85. The first-order valence-corrected chi connectivity index (χ1v) is 8.20. The molecule has 2 nitrogen and oxygen atoms in total. The second kappa shape index (κ2) is 10.9. The second-order valence-corrected chi connectivity index (χ2v) is 5.57. The van der Waals surface area contributed by atoms with E-state index < -0.39 is 0 Å². The lowest BCUT2D eigenvalue weighted by Crippen LogP contribution is -2.22. The van der Waals surface area contributed by atoms with Crippen molar-refractivity contribution in [3.63, 3.8) is 0 Å². The molecule has 0 heterocycles. The Morgan fingerprint density at radius 3 is 2.52 bits per heavy atom. The van der Waals surface area contributed by atoms with Crippen molar-refractivity contribution in [1.29, 1.82) is 0 Å². The van der Waals surface area contributed by atoms with Crippen molar-refractivity contribution in [3.8, 4) is 0 Å². The van der Waals surface area contributed by atoms with Crippen LogP contribution in [0.15, 0.2) is 73.1 Å². The number of rotatable bonds is 10. The van der Waals surface area contributed by atoms with Crippen molar-refractivity contribution in [1.82, 2.24) is 4.84 Å². The highest BCUT2D eigenvalue weighted by Gasteiger charge is 2.11. The van der Waals surface area contributed by atoms with Crippen LogP contribution in [0.3, 0.4) is 0 Å². The van der Waals surface area contributed by atoms with Crippen LogP contribution in [-0.4, -0.2) is 12.6 Å². The first kappa shape index (κ1) is 19.3. The predicted molar refractivity (Wildman–Crippen MR) is 101 cm³/mol. The number of nitrogens with one attached hydrogen (secondary N) is 1. The molecule has 0 saturated carbocycles. The summed E-state index contributed by atoms with van der Waals surface area (Å²) < 4.78 is 5.40. The third-order valence-electron chi connectivity index (χ3n) is 3.50. The van der Waals surface area contributed by atoms with Crippen molar-refractivity contribution in [3.05, 3.63) is 78.6 Å². The van der Waals surface area contributed by atoms with Crippen LogP contribution in [0.4, 0.5) is 0 Å². The Balaban J connectivity index is 2.74. The minimum absolute atomic E-state index is 0.0606. The average molecular weight is 332 g/mol. The molecule has 0 aliphatic carbocycles. The van der Waals surface area contributed by atoms with Crippen molar-refractivity contribution in [2.24, 2.45) is 0 Å². The third kappa shape index (κ3) is 7.36. The second-order valence-electron chi connectivity index (χ2n) is 5.35. The molecular weight excluding hydrogens is 306 g/mol. The van der Waals surface area contributed by atoms with E-state index in [0.717, 1.165) is 17.8 Å². The first-order valence-electron chi connectivity index (χ1n) is 7.82. The van der Waals surface area contributed by atoms with Crippen LogP contribution in [0, 0.1) is 0 Å². The van der Waals surface area contributed by atoms with Gasteiger partial charge in [-0.1, -0.05) is 61.7 Å². The van der Waals surface area contributed by atoms with Gasteiger partial charge in [0.2, 0.25) is 0 Å². The van der Waals surface area contributed by atoms with Crippen molar-refractivity contribution < 1.29 is 4.74 Å². The number of hydrogen-bond acceptors (Lipinski definition) is 2. The van der Waals surface area contributed by atoms with Gasteiger partial charge >= 0.3 is 0 Å². The van der Waals surface area contributed by atoms with Gasteiger partial charge in [0.1, 0.15) is 0 Å². The van der Waals surface area contributed by atoms with Gasteiger partial charge in [-0.15, -0.1) is 0 Å². The normalized spacial score (nSPS) is 13.5. The molecule has 0 bridgehead atoms. The fourth-order valence-electron chi connectivity index (χ4n) is 2.22. The molecule has 124 valence electrons. The maximum absolute atomic E-state index is 5.85. The Morgan fingerprint density at radius 1 is 1.26 bits per heavy atom. The van der Waals surface area contributed by atoms with E-state index in [4.69, 9.17) is 16.5 Å². The van der Waals surface area contributed by atoms with Gasteiger partial charge in [-0.05, 0) is 48.8 Å². The van der Waals surface area contributed by atoms with Crippen LogP contribution in [0.5, 0.6) is 0 Å². The number of ether oxygens (including phenoxy) is 1. The molecule has 0 aromatic heterocycles. The van der Waals surface area contributed by atoms with Gasteiger partial charge in [-0.25, -0.2) is 4.84 Å². The van der Waals surface area contributed by atoms with Crippen LogP contribution in [0.2, 0.25) is 0 Å². The van der Waals surface area contributed by atoms with Crippen LogP contribution in [-0.2, 0) is 4.74 Å². The minimum Gasteiger partial charge on any atom is -0.499 e. The summed E-state index contributed by atoms with van der Waals surface area (Å²) in [6.45, 7) is 12.5. The fourth-order valence-corrected chi connectivity index (χ4v) is 2.37. The maximum Gasteiger partial charge on any atom is 0.0904 e. The standard InChI is InChI=1S/C20H26ClNO/c1-5-18(15-20(22-21)14-17(4)23-6-2)13-12-16(3)19-10-8-7-9-11-19/h5,7-13,20,22H,1,4,6,14-15H2,2-3H3/b16-12+,18-13+/t20-/m0/s1. The van der Waals surface area contributed by atoms with Gasteiger partial charge in [0.15, 0.2) is 0 Å². The van der Waals surface area contributed by atoms with Crippen LogP contribution < -0.4 is 4.84 Å². The van der Waals surface area contributed by atoms with Gasteiger partial charge < -0.3 is 4.74 Å². The summed E-state index contributed by atoms with van der Waals surface area (Å²) in [6, 6.07) is 10.4. The van der Waals surface area contributed by atoms with E-state index in [1.54, 1.807) is 0 Å². The molecule has 0 aliphatic heterocycles. The Kier molecular flexibility index (Phi) is 9.11. The molecule has 0 radical (unpaired) electrons. The Labute approximate surface area is 145 Å². The molecule has 1 aromatic rings. The van der Waals surface area contributed by atoms with E-state index in [0.29, 0.717) is 13.0 Å². The van der Waals surface area contributed by atoms with Crippen molar-refractivity contribution >= 4 is 17.3 Å². The highest BCUT2D eigenvalue weighted by atomic mass is 35.5. The zero-order valence-corrected chi connectivity index (χ0v) is 14.8. The van der Waals surface area contributed by atoms with Crippen molar-refractivity contribution in [2.75, 3.05) is 6.61 Å². The highest BCUT2D eigenvalue weighted by molar-refractivity contribution is 6.13. The quantitative estimate of drug-likeness (QED) is 0.340. The summed E-state index contributed by atoms with van der Waals surface area (Å²) in [5.41, 5.74) is 3.53. The molecule has 0 saturated heterocycles. The molecule has 0 spiro atoms. The van der Waals surface area contributed by atoms with Gasteiger partial charge in [0, 0.05) is 12.5 Å². The third-order valence-corrected chi connectivity index (χ3v) is 3.81. The van der Waals surface area contributed by atoms with E-state index in [9.17, 15) is 0 Å². The summed E-state index contributed by atoms with van der Waals surface area (Å²) in [5.74, 6) is 0.741. The lowest BCUT2D eigenvalue weighted by molar-refractivity contribution is 0.214. The smallest absolute Gasteiger partial charge is 0.0904 e. The van der Waals surface area contributed by atoms with Gasteiger partial charge in [0.25, 0.3) is 0 Å². The zero-order chi connectivity index (χ0) is 17.1. The predicted octanol–water partition coefficient (Wildman–Crippen LogP) is 5.64. The molecule has 1 atom stereocenters. The average Bonchev–Trinajstić information content (AvgIpc) is 2.58. The molecule has 0 fully saturated rings. The minimum atomic E-state index is 0.0606. The van der Waals surface area contributed by atoms with Crippen molar-refractivity contribution in [2.45, 2.75) is 32.7 Å². The first-order chi connectivity index (χ1) is 11.1. The molecule has 0 amide bonds. The summed E-state index contributed by atoms with van der Waals surface area (Å²) in [4.78, 5) is 2.80. The van der Waals surface area contributed by atoms with Crippen LogP contribution in [0.1, 0.15) is 32.3 Å². The van der Waals surface area contributed by atoms with Gasteiger partial charge in [-0.2, -0.15) is 0 Å². The SMILES string of the molecule is C=C/C(=C\C=C(/C)c1ccccc1)C[C@H](CC(=C)OCC)NCl. The van der Waals surface area contributed by atoms with Crippen LogP contribution in [0.25, 0.3) is 5.57 Å². The monoisotopic (exact) mass is 331 g/mol. The summed E-state index contributed by atoms with van der Waals surface area (Å²) in [7, 11) is 0. The largest absolute Gasteiger partial charge is 0.499 e. The number of benzene rings is 1. The van der Waals surface area contributed by atoms with E-state index in [2.05, 4.69) is 49.2 Å². The van der Waals surface area contributed by atoms with Gasteiger partial charge in [-0.3, -0.25) is 0 Å². The number of halogens is 1. The Bertz CT molecular complexity index is 560. The lowest BCUT2D eigenvalue weighted by Gasteiger charge is -2.16. The molecule has 1 rings (SSSR count).